The Morgan fingerprint density at radius 3 is 2.27 bits per heavy atom. The lowest BCUT2D eigenvalue weighted by atomic mass is 9.64. The van der Waals surface area contributed by atoms with Crippen molar-refractivity contribution in [2.45, 2.75) is 130 Å². The number of ether oxygens (including phenoxy) is 1. The summed E-state index contributed by atoms with van der Waals surface area (Å²) >= 11 is 0. The second-order valence-corrected chi connectivity index (χ2v) is 19.7. The summed E-state index contributed by atoms with van der Waals surface area (Å²) in [6, 6.07) is 10.7. The monoisotopic (exact) mass is 530 g/mol. The first-order valence-corrected chi connectivity index (χ1v) is 17.4. The molecule has 1 aromatic rings. The Labute approximate surface area is 228 Å². The smallest absolute Gasteiger partial charge is 0.306 e. The van der Waals surface area contributed by atoms with Crippen molar-refractivity contribution in [2.24, 2.45) is 22.7 Å². The van der Waals surface area contributed by atoms with Gasteiger partial charge in [0.1, 0.15) is 6.10 Å². The second kappa shape index (κ2) is 10.8. The number of benzene rings is 1. The highest BCUT2D eigenvalue weighted by atomic mass is 28.4. The summed E-state index contributed by atoms with van der Waals surface area (Å²) in [5.41, 5.74) is 0.378. The van der Waals surface area contributed by atoms with Gasteiger partial charge < -0.3 is 14.3 Å². The van der Waals surface area contributed by atoms with E-state index in [4.69, 9.17) is 9.16 Å². The molecule has 0 spiro atoms. The quantitative estimate of drug-likeness (QED) is 0.274. The van der Waals surface area contributed by atoms with E-state index in [-0.39, 0.29) is 33.9 Å². The van der Waals surface area contributed by atoms with E-state index in [1.807, 2.05) is 0 Å². The number of aliphatic hydroxyl groups excluding tert-OH is 1. The van der Waals surface area contributed by atoms with E-state index in [1.54, 1.807) is 0 Å². The van der Waals surface area contributed by atoms with Crippen LogP contribution in [-0.2, 0) is 19.4 Å². The minimum absolute atomic E-state index is 0.0781. The summed E-state index contributed by atoms with van der Waals surface area (Å²) in [5, 5.41) is 11.2. The molecule has 0 radical (unpaired) electrons. The van der Waals surface area contributed by atoms with Gasteiger partial charge in [-0.1, -0.05) is 92.1 Å². The Kier molecular flexibility index (Phi) is 8.84. The molecule has 37 heavy (non-hydrogen) atoms. The van der Waals surface area contributed by atoms with Gasteiger partial charge in [-0.15, -0.1) is 0 Å². The second-order valence-electron chi connectivity index (χ2n) is 14.9. The molecule has 2 aliphatic carbocycles. The zero-order valence-corrected chi connectivity index (χ0v) is 26.3. The number of aliphatic hydroxyl groups is 1. The van der Waals surface area contributed by atoms with Crippen molar-refractivity contribution < 1.29 is 19.1 Å². The molecule has 2 aliphatic rings. The third-order valence-corrected chi connectivity index (χ3v) is 15.4. The summed E-state index contributed by atoms with van der Waals surface area (Å²) in [5.74, 6) is 0.709. The van der Waals surface area contributed by atoms with E-state index in [9.17, 15) is 9.90 Å². The summed E-state index contributed by atoms with van der Waals surface area (Å²) in [7, 11) is -1.98. The minimum Gasteiger partial charge on any atom is -0.462 e. The van der Waals surface area contributed by atoms with Gasteiger partial charge in [0.15, 0.2) is 8.32 Å². The van der Waals surface area contributed by atoms with Crippen LogP contribution in [0.15, 0.2) is 30.3 Å². The van der Waals surface area contributed by atoms with Crippen LogP contribution in [0.2, 0.25) is 18.1 Å². The van der Waals surface area contributed by atoms with Crippen LogP contribution in [0.1, 0.15) is 99.5 Å². The molecule has 3 rings (SSSR count). The molecule has 2 saturated carbocycles. The van der Waals surface area contributed by atoms with Crippen molar-refractivity contribution >= 4 is 14.3 Å². The molecule has 0 saturated heterocycles. The zero-order valence-electron chi connectivity index (χ0n) is 25.3. The van der Waals surface area contributed by atoms with Crippen molar-refractivity contribution in [1.82, 2.24) is 0 Å². The van der Waals surface area contributed by atoms with Crippen molar-refractivity contribution in [3.8, 4) is 0 Å². The molecular formula is C32H54O4Si. The first-order valence-electron chi connectivity index (χ1n) is 14.5. The summed E-state index contributed by atoms with van der Waals surface area (Å²) in [6.45, 7) is 22.9. The van der Waals surface area contributed by atoms with Gasteiger partial charge in [-0.3, -0.25) is 4.79 Å². The number of hydrogen-bond donors (Lipinski definition) is 1. The van der Waals surface area contributed by atoms with Crippen LogP contribution in [0, 0.1) is 22.7 Å². The molecule has 2 fully saturated rings. The summed E-state index contributed by atoms with van der Waals surface area (Å²) in [4.78, 5) is 13.6. The fourth-order valence-corrected chi connectivity index (χ4v) is 7.56. The van der Waals surface area contributed by atoms with Crippen LogP contribution in [0.5, 0.6) is 0 Å². The molecule has 210 valence electrons. The molecule has 5 heteroatoms. The normalized spacial score (nSPS) is 33.4. The number of carbonyl (C=O) groups is 1. The van der Waals surface area contributed by atoms with Gasteiger partial charge in [0, 0.05) is 17.9 Å². The maximum atomic E-state index is 13.6. The van der Waals surface area contributed by atoms with Gasteiger partial charge in [-0.05, 0) is 66.1 Å². The van der Waals surface area contributed by atoms with Crippen LogP contribution in [-0.4, -0.2) is 38.2 Å². The molecule has 0 amide bonds. The van der Waals surface area contributed by atoms with E-state index < -0.39 is 19.8 Å². The van der Waals surface area contributed by atoms with E-state index in [2.05, 4.69) is 98.8 Å². The Morgan fingerprint density at radius 1 is 1.05 bits per heavy atom. The Hall–Kier alpha value is -1.17. The summed E-state index contributed by atoms with van der Waals surface area (Å²) < 4.78 is 13.0. The van der Waals surface area contributed by atoms with Crippen molar-refractivity contribution in [1.29, 1.82) is 0 Å². The van der Waals surface area contributed by atoms with Gasteiger partial charge in [0.2, 0.25) is 0 Å². The molecule has 0 aromatic heterocycles. The average molecular weight is 531 g/mol. The Balaban J connectivity index is 1.76. The molecule has 0 heterocycles. The largest absolute Gasteiger partial charge is 0.462 e. The molecule has 1 N–H and O–H groups in total. The number of esters is 1. The molecule has 0 aliphatic heterocycles. The first kappa shape index (κ1) is 30.4. The Morgan fingerprint density at radius 2 is 1.68 bits per heavy atom. The third kappa shape index (κ3) is 6.20. The van der Waals surface area contributed by atoms with E-state index in [0.29, 0.717) is 25.4 Å². The molecular weight excluding hydrogens is 476 g/mol. The van der Waals surface area contributed by atoms with Crippen molar-refractivity contribution in [3.63, 3.8) is 0 Å². The van der Waals surface area contributed by atoms with E-state index in [1.165, 1.54) is 12.0 Å². The van der Waals surface area contributed by atoms with Gasteiger partial charge in [0.25, 0.3) is 0 Å². The van der Waals surface area contributed by atoms with Crippen molar-refractivity contribution in [3.05, 3.63) is 35.9 Å². The van der Waals surface area contributed by atoms with E-state index in [0.717, 1.165) is 19.3 Å². The fraction of sp³-hybridized carbons (Fsp3) is 0.781. The standard InChI is InChI=1S/C32H54O4Si/c1-23-16-17-25(30(5,6)24-14-12-11-13-15-24)26(20-23)36-28(34)21-31(7)19-18-27(33)32(31,8)22-35-37(9,10)29(2,3)4/h11-15,23,25-27,33H,16-22H2,1-10H3/t23-,25-,26-,27-,31+,32+/m0/s1. The highest BCUT2D eigenvalue weighted by Gasteiger charge is 2.56. The van der Waals surface area contributed by atoms with E-state index >= 15 is 0 Å². The number of hydrogen-bond acceptors (Lipinski definition) is 4. The van der Waals surface area contributed by atoms with Crippen LogP contribution < -0.4 is 0 Å². The fourth-order valence-electron chi connectivity index (χ4n) is 6.46. The molecule has 6 atom stereocenters. The molecule has 4 nitrogen and oxygen atoms in total. The van der Waals surface area contributed by atoms with Crippen LogP contribution in [0.25, 0.3) is 0 Å². The van der Waals surface area contributed by atoms with Crippen molar-refractivity contribution in [2.75, 3.05) is 6.61 Å². The first-order chi connectivity index (χ1) is 16.9. The minimum atomic E-state index is -1.98. The van der Waals surface area contributed by atoms with Gasteiger partial charge in [-0.25, -0.2) is 0 Å². The lowest BCUT2D eigenvalue weighted by molar-refractivity contribution is -0.162. The topological polar surface area (TPSA) is 55.8 Å². The SMILES string of the molecule is C[C@H]1CC[C@H](C(C)(C)c2ccccc2)[C@@H](OC(=O)C[C@@]2(C)CC[C@H](O)[C@@]2(C)CO[Si](C)(C)C(C)(C)C)C1. The van der Waals surface area contributed by atoms with Gasteiger partial charge >= 0.3 is 5.97 Å². The predicted octanol–water partition coefficient (Wildman–Crippen LogP) is 7.89. The predicted molar refractivity (Wildman–Crippen MR) is 155 cm³/mol. The maximum absolute atomic E-state index is 13.6. The van der Waals surface area contributed by atoms with Gasteiger partial charge in [0.05, 0.1) is 12.5 Å². The number of rotatable bonds is 8. The lowest BCUT2D eigenvalue weighted by Gasteiger charge is -2.47. The Bertz CT molecular complexity index is 920. The highest BCUT2D eigenvalue weighted by Crippen LogP contribution is 2.56. The molecule has 0 unspecified atom stereocenters. The molecule has 0 bridgehead atoms. The maximum Gasteiger partial charge on any atom is 0.306 e. The van der Waals surface area contributed by atoms with Crippen LogP contribution in [0.3, 0.4) is 0 Å². The highest BCUT2D eigenvalue weighted by molar-refractivity contribution is 6.74. The van der Waals surface area contributed by atoms with Gasteiger partial charge in [-0.2, -0.15) is 0 Å². The lowest BCUT2D eigenvalue weighted by Crippen LogP contribution is -2.50. The summed E-state index contributed by atoms with van der Waals surface area (Å²) in [6.07, 6.45) is 4.41. The number of carbonyl (C=O) groups excluding carboxylic acids is 1. The van der Waals surface area contributed by atoms with Crippen LogP contribution >= 0.6 is 0 Å². The average Bonchev–Trinajstić information content (AvgIpc) is 3.01. The van der Waals surface area contributed by atoms with Crippen LogP contribution in [0.4, 0.5) is 0 Å². The molecule has 1 aromatic carbocycles. The zero-order chi connectivity index (χ0) is 27.9. The third-order valence-electron chi connectivity index (χ3n) is 10.9.